The second-order valence-electron chi connectivity index (χ2n) is 17.9. The highest BCUT2D eigenvalue weighted by molar-refractivity contribution is 5.77. The van der Waals surface area contributed by atoms with E-state index in [4.69, 9.17) is 4.74 Å². The van der Waals surface area contributed by atoms with Crippen molar-refractivity contribution in [2.45, 2.75) is 270 Å². The molecule has 0 aliphatic carbocycles. The Morgan fingerprint density at radius 3 is 1.33 bits per heavy atom. The molecule has 3 N–H and O–H groups in total. The molecule has 0 aliphatic rings. The largest absolute Gasteiger partial charge is 0.462 e. The topological polar surface area (TPSA) is 95.9 Å². The summed E-state index contributed by atoms with van der Waals surface area (Å²) in [6.07, 6.45) is 63.9. The van der Waals surface area contributed by atoms with Crippen LogP contribution in [0.3, 0.4) is 0 Å². The van der Waals surface area contributed by atoms with Gasteiger partial charge in [-0.15, -0.1) is 0 Å². The Hall–Kier alpha value is -2.70. The minimum atomic E-state index is -0.803. The number of aliphatic hydroxyl groups is 2. The van der Waals surface area contributed by atoms with Crippen LogP contribution in [0, 0.1) is 0 Å². The summed E-state index contributed by atoms with van der Waals surface area (Å²) in [6.45, 7) is 6.35. The number of carbonyl (C=O) groups is 2. The number of carbonyl (C=O) groups excluding carboxylic acids is 2. The molecule has 0 radical (unpaired) electrons. The Balaban J connectivity index is 4.69. The first-order valence-electron chi connectivity index (χ1n) is 26.7. The van der Waals surface area contributed by atoms with E-state index in [1.165, 1.54) is 109 Å². The lowest BCUT2D eigenvalue weighted by Crippen LogP contribution is -2.46. The van der Waals surface area contributed by atoms with Crippen molar-refractivity contribution in [1.29, 1.82) is 0 Å². The normalized spacial score (nSPS) is 13.8. The molecule has 6 heteroatoms. The van der Waals surface area contributed by atoms with Crippen molar-refractivity contribution in [3.63, 3.8) is 0 Å². The maximum absolute atomic E-state index is 13.2. The zero-order valence-corrected chi connectivity index (χ0v) is 41.4. The summed E-state index contributed by atoms with van der Waals surface area (Å²) in [6, 6.07) is -0.720. The first-order valence-corrected chi connectivity index (χ1v) is 26.7. The van der Waals surface area contributed by atoms with E-state index in [0.717, 1.165) is 89.9 Å². The predicted molar refractivity (Wildman–Crippen MR) is 273 cm³/mol. The molecular formula is C57H101NO5. The number of hydrogen-bond donors (Lipinski definition) is 3. The van der Waals surface area contributed by atoms with E-state index in [2.05, 4.69) is 99.0 Å². The van der Waals surface area contributed by atoms with E-state index < -0.39 is 18.2 Å². The van der Waals surface area contributed by atoms with Crippen molar-refractivity contribution in [3.05, 3.63) is 72.9 Å². The number of amides is 1. The molecule has 6 nitrogen and oxygen atoms in total. The van der Waals surface area contributed by atoms with Gasteiger partial charge >= 0.3 is 5.97 Å². The first-order chi connectivity index (χ1) is 31.0. The van der Waals surface area contributed by atoms with Crippen molar-refractivity contribution < 1.29 is 24.5 Å². The lowest BCUT2D eigenvalue weighted by atomic mass is 10.0. The van der Waals surface area contributed by atoms with E-state index in [1.54, 1.807) is 0 Å². The number of aliphatic hydroxyl groups excluding tert-OH is 2. The minimum Gasteiger partial charge on any atom is -0.462 e. The molecule has 0 heterocycles. The van der Waals surface area contributed by atoms with Gasteiger partial charge in [-0.05, 0) is 89.9 Å². The van der Waals surface area contributed by atoms with Crippen LogP contribution >= 0.6 is 0 Å². The van der Waals surface area contributed by atoms with E-state index >= 15 is 0 Å². The third-order valence-electron chi connectivity index (χ3n) is 11.8. The van der Waals surface area contributed by atoms with Crippen LogP contribution in [0.2, 0.25) is 0 Å². The molecule has 0 bridgehead atoms. The number of allylic oxidation sites excluding steroid dienone is 12. The Kier molecular flexibility index (Phi) is 48.1. The van der Waals surface area contributed by atoms with Crippen LogP contribution in [-0.4, -0.2) is 46.9 Å². The first kappa shape index (κ1) is 60.3. The summed E-state index contributed by atoms with van der Waals surface area (Å²) >= 11 is 0. The molecule has 1 amide bonds. The fourth-order valence-corrected chi connectivity index (χ4v) is 7.75. The number of esters is 1. The average Bonchev–Trinajstić information content (AvgIpc) is 3.28. The molecule has 0 saturated heterocycles. The standard InChI is InChI=1S/C57H101NO5/c1-4-7-10-13-16-19-22-25-27-28-29-32-35-38-41-44-47-50-57(62)63-53(48-45-42-39-36-33-31-26-23-20-17-14-11-8-5-2)51-56(61)58-54(52-59)55(60)49-46-43-40-37-34-30-24-21-18-15-12-9-6-3/h7,10,16,19,25,27,29,31-33,38,41,53-55,59-60H,4-6,8-9,11-15,17-18,20-24,26,28,30,34-37,39-40,42-52H2,1-3H3,(H,58,61)/b10-7-,19-16-,27-25-,32-29-,33-31+,41-38-. The van der Waals surface area contributed by atoms with Crippen molar-refractivity contribution in [3.8, 4) is 0 Å². The van der Waals surface area contributed by atoms with E-state index in [-0.39, 0.29) is 24.9 Å². The number of ether oxygens (including phenoxy) is 1. The predicted octanol–water partition coefficient (Wildman–Crippen LogP) is 16.2. The summed E-state index contributed by atoms with van der Waals surface area (Å²) < 4.78 is 5.90. The third-order valence-corrected chi connectivity index (χ3v) is 11.8. The quantitative estimate of drug-likeness (QED) is 0.0321. The third kappa shape index (κ3) is 45.7. The molecule has 0 fully saturated rings. The highest BCUT2D eigenvalue weighted by Gasteiger charge is 2.24. The Bertz CT molecular complexity index is 1170. The molecule has 0 aromatic carbocycles. The van der Waals surface area contributed by atoms with Gasteiger partial charge in [0.1, 0.15) is 6.10 Å². The van der Waals surface area contributed by atoms with Gasteiger partial charge in [0.15, 0.2) is 0 Å². The highest BCUT2D eigenvalue weighted by atomic mass is 16.5. The van der Waals surface area contributed by atoms with Crippen LogP contribution in [0.25, 0.3) is 0 Å². The van der Waals surface area contributed by atoms with E-state index in [0.29, 0.717) is 25.7 Å². The Morgan fingerprint density at radius 2 is 0.857 bits per heavy atom. The second kappa shape index (κ2) is 50.3. The molecule has 3 atom stereocenters. The molecular weight excluding hydrogens is 779 g/mol. The van der Waals surface area contributed by atoms with Gasteiger partial charge in [-0.1, -0.05) is 222 Å². The molecule has 364 valence electrons. The van der Waals surface area contributed by atoms with Crippen LogP contribution in [-0.2, 0) is 14.3 Å². The molecule has 0 saturated carbocycles. The van der Waals surface area contributed by atoms with Crippen molar-refractivity contribution in [2.24, 2.45) is 0 Å². The molecule has 3 unspecified atom stereocenters. The van der Waals surface area contributed by atoms with Gasteiger partial charge in [0.25, 0.3) is 0 Å². The zero-order valence-electron chi connectivity index (χ0n) is 41.4. The summed E-state index contributed by atoms with van der Waals surface area (Å²) in [5.41, 5.74) is 0. The van der Waals surface area contributed by atoms with Gasteiger partial charge in [-0.3, -0.25) is 9.59 Å². The summed E-state index contributed by atoms with van der Waals surface area (Å²) in [5.74, 6) is -0.557. The van der Waals surface area contributed by atoms with Gasteiger partial charge in [0.05, 0.1) is 25.2 Å². The fraction of sp³-hybridized carbons (Fsp3) is 0.754. The molecule has 0 spiro atoms. The molecule has 0 rings (SSSR count). The monoisotopic (exact) mass is 880 g/mol. The van der Waals surface area contributed by atoms with Gasteiger partial charge in [0, 0.05) is 6.42 Å². The second-order valence-corrected chi connectivity index (χ2v) is 17.9. The summed E-state index contributed by atoms with van der Waals surface area (Å²) in [5, 5.41) is 23.8. The molecule has 0 aliphatic heterocycles. The Morgan fingerprint density at radius 1 is 0.476 bits per heavy atom. The maximum Gasteiger partial charge on any atom is 0.306 e. The van der Waals surface area contributed by atoms with Crippen molar-refractivity contribution in [1.82, 2.24) is 5.32 Å². The maximum atomic E-state index is 13.2. The lowest BCUT2D eigenvalue weighted by Gasteiger charge is -2.24. The molecule has 63 heavy (non-hydrogen) atoms. The average molecular weight is 880 g/mol. The molecule has 0 aromatic heterocycles. The van der Waals surface area contributed by atoms with E-state index in [1.807, 2.05) is 0 Å². The lowest BCUT2D eigenvalue weighted by molar-refractivity contribution is -0.151. The van der Waals surface area contributed by atoms with Gasteiger partial charge < -0.3 is 20.3 Å². The number of hydrogen-bond acceptors (Lipinski definition) is 5. The zero-order chi connectivity index (χ0) is 45.9. The van der Waals surface area contributed by atoms with Gasteiger partial charge in [0.2, 0.25) is 5.91 Å². The van der Waals surface area contributed by atoms with Crippen LogP contribution in [0.5, 0.6) is 0 Å². The van der Waals surface area contributed by atoms with Crippen LogP contribution in [0.1, 0.15) is 252 Å². The molecule has 0 aromatic rings. The minimum absolute atomic E-state index is 0.0425. The van der Waals surface area contributed by atoms with Crippen LogP contribution in [0.4, 0.5) is 0 Å². The highest BCUT2D eigenvalue weighted by Crippen LogP contribution is 2.17. The van der Waals surface area contributed by atoms with Crippen LogP contribution in [0.15, 0.2) is 72.9 Å². The SMILES string of the molecule is CC/C=C\C/C=C\C/C=C\C/C=C\C/C=C\CCCC(=O)OC(CCCCC/C=C/CCCCCCCCC)CC(=O)NC(CO)C(O)CCCCCCCCCCCCCCC. The smallest absolute Gasteiger partial charge is 0.306 e. The number of rotatable bonds is 47. The summed E-state index contributed by atoms with van der Waals surface area (Å²) in [4.78, 5) is 26.2. The van der Waals surface area contributed by atoms with Crippen molar-refractivity contribution in [2.75, 3.05) is 6.61 Å². The van der Waals surface area contributed by atoms with Gasteiger partial charge in [-0.2, -0.15) is 0 Å². The fourth-order valence-electron chi connectivity index (χ4n) is 7.75. The van der Waals surface area contributed by atoms with Crippen molar-refractivity contribution >= 4 is 11.9 Å². The number of nitrogens with one attached hydrogen (secondary N) is 1. The van der Waals surface area contributed by atoms with Crippen LogP contribution < -0.4 is 5.32 Å². The number of unbranched alkanes of at least 4 members (excludes halogenated alkanes) is 23. The summed E-state index contributed by atoms with van der Waals surface area (Å²) in [7, 11) is 0. The van der Waals surface area contributed by atoms with Gasteiger partial charge in [-0.25, -0.2) is 0 Å². The Labute approximate surface area is 390 Å². The van der Waals surface area contributed by atoms with E-state index in [9.17, 15) is 19.8 Å².